The van der Waals surface area contributed by atoms with E-state index in [-0.39, 0.29) is 28.8 Å². The van der Waals surface area contributed by atoms with Crippen molar-refractivity contribution in [2.75, 3.05) is 0 Å². The zero-order valence-electron chi connectivity index (χ0n) is 49.5. The van der Waals surface area contributed by atoms with Gasteiger partial charge in [-0.3, -0.25) is 0 Å². The van der Waals surface area contributed by atoms with Crippen molar-refractivity contribution in [2.24, 2.45) is 0 Å². The van der Waals surface area contributed by atoms with Gasteiger partial charge in [0.25, 0.3) is 0 Å². The zero-order chi connectivity index (χ0) is 62.8. The molecule has 9 rings (SSSR count). The Hall–Kier alpha value is -7.14. The molecule has 0 atom stereocenters. The Kier molecular flexibility index (Phi) is 39.6. The Morgan fingerprint density at radius 1 is 0.250 bits per heavy atom. The number of halogens is 12. The van der Waals surface area contributed by atoms with Crippen molar-refractivity contribution in [1.82, 2.24) is 0 Å². The van der Waals surface area contributed by atoms with E-state index < -0.39 is 34.9 Å². The Morgan fingerprint density at radius 3 is 1.06 bits per heavy atom. The standard InChI is InChI=1S/2C8H9Cl.4C8H8F2.2C8H9F.C8H10/c1-2-7-4-3-5-8(9)6-7;1-2-7-5-3-4-6-8(7)9;1-2-6-3-7(9)5-8(10)4-6;1-2-6-5-7(9)3-4-8(6)10;1-2-6-7(9)4-3-5-8(6)10;1-2-6-4-3-5-7(9)8(6)10;1-2-7-4-3-5-8(9)6-7;1-2-7-5-3-4-6-8(7)9;1-2-8-6-4-3-5-7-8/h2*3-6H,2H2,1H3;4*3-5H,2H2,1H3;2*3-6H,2H2,1H3;3-7H,2H2,1H3. The number of hydrogen-bond acceptors (Lipinski definition) is 0. The number of rotatable bonds is 9. The minimum Gasteiger partial charge on any atom is -0.207 e. The predicted octanol–water partition coefficient (Wildman–Crippen LogP) is 22.9. The number of benzene rings is 9. The van der Waals surface area contributed by atoms with Crippen molar-refractivity contribution in [1.29, 1.82) is 0 Å². The fraction of sp³-hybridized carbons (Fsp3) is 0.250. The molecule has 0 fully saturated rings. The Bertz CT molecular complexity index is 3070. The van der Waals surface area contributed by atoms with Crippen LogP contribution in [-0.4, -0.2) is 0 Å². The molecule has 0 amide bonds. The number of hydrogen-bond donors (Lipinski definition) is 0. The van der Waals surface area contributed by atoms with Crippen LogP contribution >= 0.6 is 23.2 Å². The molecule has 0 aromatic heterocycles. The van der Waals surface area contributed by atoms with Crippen LogP contribution in [0.5, 0.6) is 0 Å². The molecule has 12 heteroatoms. The smallest absolute Gasteiger partial charge is 0.161 e. The van der Waals surface area contributed by atoms with Gasteiger partial charge in [-0.25, -0.2) is 43.9 Å². The molecule has 0 N–H and O–H groups in total. The molecule has 9 aromatic carbocycles. The normalized spacial score (nSPS) is 9.68. The fourth-order valence-electron chi connectivity index (χ4n) is 7.12. The van der Waals surface area contributed by atoms with Gasteiger partial charge >= 0.3 is 0 Å². The Labute approximate surface area is 503 Å². The summed E-state index contributed by atoms with van der Waals surface area (Å²) in [5, 5.41) is 1.70. The Balaban J connectivity index is 0.000000473. The highest BCUT2D eigenvalue weighted by Gasteiger charge is 2.05. The minimum atomic E-state index is -0.764. The third-order valence-electron chi connectivity index (χ3n) is 12.1. The van der Waals surface area contributed by atoms with Gasteiger partial charge in [-0.1, -0.05) is 195 Å². The van der Waals surface area contributed by atoms with Crippen molar-refractivity contribution in [3.8, 4) is 0 Å². The van der Waals surface area contributed by atoms with Gasteiger partial charge < -0.3 is 0 Å². The van der Waals surface area contributed by atoms with Gasteiger partial charge in [-0.05, 0) is 187 Å². The van der Waals surface area contributed by atoms with E-state index in [2.05, 4.69) is 51.1 Å². The maximum absolute atomic E-state index is 12.6. The number of aryl methyl sites for hydroxylation is 8. The lowest BCUT2D eigenvalue weighted by molar-refractivity contribution is 0.500. The zero-order valence-corrected chi connectivity index (χ0v) is 51.0. The molecule has 0 aliphatic carbocycles. The molecule has 0 saturated heterocycles. The molecular formula is C72H78Cl2F10. The molecule has 0 aliphatic heterocycles. The topological polar surface area (TPSA) is 0 Å². The first-order valence-corrected chi connectivity index (χ1v) is 28.7. The lowest BCUT2D eigenvalue weighted by Crippen LogP contribution is -1.91. The fourth-order valence-corrected chi connectivity index (χ4v) is 7.60. The van der Waals surface area contributed by atoms with Crippen LogP contribution in [0.2, 0.25) is 10.0 Å². The second-order valence-corrected chi connectivity index (χ2v) is 18.9. The first-order valence-electron chi connectivity index (χ1n) is 28.0. The molecule has 0 heterocycles. The second-order valence-electron chi connectivity index (χ2n) is 18.0. The molecule has 0 aliphatic rings. The van der Waals surface area contributed by atoms with Crippen LogP contribution in [0.25, 0.3) is 0 Å². The van der Waals surface area contributed by atoms with Crippen LogP contribution in [-0.2, 0) is 57.8 Å². The van der Waals surface area contributed by atoms with E-state index in [1.54, 1.807) is 51.1 Å². The molecule has 450 valence electrons. The van der Waals surface area contributed by atoms with E-state index in [1.165, 1.54) is 71.3 Å². The lowest BCUT2D eigenvalue weighted by Gasteiger charge is -1.98. The molecule has 84 heavy (non-hydrogen) atoms. The highest BCUT2D eigenvalue weighted by atomic mass is 35.5. The van der Waals surface area contributed by atoms with Gasteiger partial charge in [0.15, 0.2) is 11.6 Å². The van der Waals surface area contributed by atoms with Crippen molar-refractivity contribution in [2.45, 2.75) is 120 Å². The van der Waals surface area contributed by atoms with Crippen molar-refractivity contribution < 1.29 is 43.9 Å². The summed E-state index contributed by atoms with van der Waals surface area (Å²) in [5.74, 6) is -4.35. The van der Waals surface area contributed by atoms with Crippen LogP contribution in [0.1, 0.15) is 112 Å². The first-order chi connectivity index (χ1) is 40.2. The van der Waals surface area contributed by atoms with Crippen LogP contribution in [0, 0.1) is 58.2 Å². The lowest BCUT2D eigenvalue weighted by atomic mass is 10.1. The highest BCUT2D eigenvalue weighted by Crippen LogP contribution is 2.16. The second kappa shape index (κ2) is 44.4. The van der Waals surface area contributed by atoms with Crippen molar-refractivity contribution in [3.05, 3.63) is 318 Å². The molecule has 0 spiro atoms. The molecule has 9 aromatic rings. The summed E-state index contributed by atoms with van der Waals surface area (Å²) in [6.07, 6.45) is 7.01. The van der Waals surface area contributed by atoms with Gasteiger partial charge in [-0.2, -0.15) is 0 Å². The first kappa shape index (κ1) is 74.9. The summed E-state index contributed by atoms with van der Waals surface area (Å²) < 4.78 is 125. The molecule has 0 unspecified atom stereocenters. The summed E-state index contributed by atoms with van der Waals surface area (Å²) in [7, 11) is 0. The van der Waals surface area contributed by atoms with E-state index in [4.69, 9.17) is 23.2 Å². The summed E-state index contributed by atoms with van der Waals surface area (Å²) in [4.78, 5) is 0. The summed E-state index contributed by atoms with van der Waals surface area (Å²) >= 11 is 11.5. The van der Waals surface area contributed by atoms with E-state index >= 15 is 0 Å². The maximum Gasteiger partial charge on any atom is 0.161 e. The van der Waals surface area contributed by atoms with E-state index in [9.17, 15) is 43.9 Å². The predicted molar refractivity (Wildman–Crippen MR) is 332 cm³/mol. The van der Waals surface area contributed by atoms with Crippen LogP contribution in [0.4, 0.5) is 43.9 Å². The monoisotopic (exact) mass is 1200 g/mol. The quantitative estimate of drug-likeness (QED) is 0.126. The average Bonchev–Trinajstić information content (AvgIpc) is 3.58. The van der Waals surface area contributed by atoms with Crippen LogP contribution in [0.15, 0.2) is 200 Å². The van der Waals surface area contributed by atoms with Crippen LogP contribution in [0.3, 0.4) is 0 Å². The third kappa shape index (κ3) is 31.5. The van der Waals surface area contributed by atoms with Crippen LogP contribution < -0.4 is 0 Å². The Morgan fingerprint density at radius 2 is 0.655 bits per heavy atom. The summed E-state index contributed by atoms with van der Waals surface area (Å²) in [6, 6.07) is 54.9. The molecule has 0 nitrogen and oxygen atoms in total. The third-order valence-corrected chi connectivity index (χ3v) is 12.7. The summed E-state index contributed by atoms with van der Waals surface area (Å²) in [5.41, 5.74) is 7.49. The SMILES string of the molecule is CCc1c(F)cccc1F.CCc1cc(F)cc(F)c1.CCc1cc(F)ccc1F.CCc1cccc(Cl)c1.CCc1cccc(F)c1.CCc1cccc(F)c1F.CCc1ccccc1.CCc1ccccc1Cl.CCc1ccccc1F. The minimum absolute atomic E-state index is 0.0972. The van der Waals surface area contributed by atoms with Gasteiger partial charge in [0, 0.05) is 21.7 Å². The molecular weight excluding hydrogens is 1130 g/mol. The van der Waals surface area contributed by atoms with E-state index in [0.717, 1.165) is 77.5 Å². The van der Waals surface area contributed by atoms with Gasteiger partial charge in [-0.15, -0.1) is 0 Å². The largest absolute Gasteiger partial charge is 0.207 e. The highest BCUT2D eigenvalue weighted by molar-refractivity contribution is 6.31. The van der Waals surface area contributed by atoms with E-state index in [1.807, 2.05) is 81.4 Å². The van der Waals surface area contributed by atoms with E-state index in [0.29, 0.717) is 42.4 Å². The van der Waals surface area contributed by atoms with Crippen molar-refractivity contribution in [3.63, 3.8) is 0 Å². The summed E-state index contributed by atoms with van der Waals surface area (Å²) in [6.45, 7) is 17.5. The van der Waals surface area contributed by atoms with Gasteiger partial charge in [0.05, 0.1) is 0 Å². The molecule has 0 radical (unpaired) electrons. The maximum atomic E-state index is 12.6. The van der Waals surface area contributed by atoms with Gasteiger partial charge in [0.2, 0.25) is 0 Å². The van der Waals surface area contributed by atoms with Gasteiger partial charge in [0.1, 0.15) is 46.5 Å². The molecule has 0 saturated carbocycles. The van der Waals surface area contributed by atoms with Crippen molar-refractivity contribution >= 4 is 23.2 Å². The average molecular weight is 1200 g/mol. The molecule has 0 bridgehead atoms.